The summed E-state index contributed by atoms with van der Waals surface area (Å²) >= 11 is 0. The predicted molar refractivity (Wildman–Crippen MR) is 145 cm³/mol. The van der Waals surface area contributed by atoms with Gasteiger partial charge in [-0.25, -0.2) is 0 Å². The van der Waals surface area contributed by atoms with Gasteiger partial charge in [0, 0.05) is 16.2 Å². The van der Waals surface area contributed by atoms with Crippen molar-refractivity contribution in [3.05, 3.63) is 142 Å². The molecular formula is C31H27N3O4. The first kappa shape index (κ1) is 23.9. The van der Waals surface area contributed by atoms with E-state index in [0.717, 1.165) is 22.4 Å². The number of nitrogens with zero attached hydrogens (tertiary/aromatic N) is 2. The van der Waals surface area contributed by atoms with Gasteiger partial charge < -0.3 is 9.64 Å². The van der Waals surface area contributed by atoms with Gasteiger partial charge in [-0.15, -0.1) is 0 Å². The number of para-hydroxylation sites is 1. The summed E-state index contributed by atoms with van der Waals surface area (Å²) in [6, 6.07) is 32.3. The Balaban J connectivity index is 1.58. The highest BCUT2D eigenvalue weighted by Crippen LogP contribution is 2.57. The van der Waals surface area contributed by atoms with Crippen molar-refractivity contribution in [2.45, 2.75) is 30.1 Å². The lowest BCUT2D eigenvalue weighted by Crippen LogP contribution is -2.50. The number of nitrogens with one attached hydrogen (secondary N) is 1. The lowest BCUT2D eigenvalue weighted by Gasteiger charge is -2.31. The second kappa shape index (κ2) is 9.43. The van der Waals surface area contributed by atoms with E-state index in [1.807, 2.05) is 103 Å². The summed E-state index contributed by atoms with van der Waals surface area (Å²) < 4.78 is 5.48. The van der Waals surface area contributed by atoms with Gasteiger partial charge in [0.15, 0.2) is 0 Å². The van der Waals surface area contributed by atoms with Crippen LogP contribution in [0.2, 0.25) is 0 Å². The van der Waals surface area contributed by atoms with E-state index in [1.54, 1.807) is 18.1 Å². The van der Waals surface area contributed by atoms with E-state index in [-0.39, 0.29) is 10.8 Å². The van der Waals surface area contributed by atoms with Crippen LogP contribution in [0.4, 0.5) is 5.69 Å². The number of fused-ring (bicyclic) bond motifs is 2. The van der Waals surface area contributed by atoms with E-state index in [2.05, 4.69) is 5.32 Å². The molecule has 1 amide bonds. The molecule has 1 saturated heterocycles. The van der Waals surface area contributed by atoms with Crippen LogP contribution in [0.5, 0.6) is 5.75 Å². The molecule has 4 atom stereocenters. The van der Waals surface area contributed by atoms with Crippen molar-refractivity contribution in [2.75, 3.05) is 12.0 Å². The average Bonchev–Trinajstić information content (AvgIpc) is 3.44. The highest BCUT2D eigenvalue weighted by molar-refractivity contribution is 6.09. The molecular weight excluding hydrogens is 478 g/mol. The molecule has 1 N–H and O–H groups in total. The Labute approximate surface area is 220 Å². The number of benzene rings is 4. The third-order valence-corrected chi connectivity index (χ3v) is 7.77. The van der Waals surface area contributed by atoms with Crippen LogP contribution in [0.15, 0.2) is 109 Å². The maximum Gasteiger partial charge on any atom is 0.253 e. The third-order valence-electron chi connectivity index (χ3n) is 7.77. The van der Waals surface area contributed by atoms with Gasteiger partial charge in [0.05, 0.1) is 19.6 Å². The Hall–Kier alpha value is -4.49. The zero-order valence-electron chi connectivity index (χ0n) is 20.9. The van der Waals surface area contributed by atoms with Crippen LogP contribution in [0, 0.1) is 10.1 Å². The Morgan fingerprint density at radius 3 is 2.26 bits per heavy atom. The van der Waals surface area contributed by atoms with E-state index >= 15 is 0 Å². The van der Waals surface area contributed by atoms with Gasteiger partial charge in [0.1, 0.15) is 17.3 Å². The van der Waals surface area contributed by atoms with Crippen molar-refractivity contribution in [1.82, 2.24) is 5.32 Å². The lowest BCUT2D eigenvalue weighted by molar-refractivity contribution is -0.527. The fourth-order valence-electron chi connectivity index (χ4n) is 6.18. The van der Waals surface area contributed by atoms with Crippen LogP contribution < -0.4 is 15.0 Å². The second-order valence-corrected chi connectivity index (χ2v) is 9.76. The van der Waals surface area contributed by atoms with Crippen molar-refractivity contribution < 1.29 is 14.5 Å². The number of nitro groups is 1. The Kier molecular flexibility index (Phi) is 5.93. The molecule has 38 heavy (non-hydrogen) atoms. The molecule has 4 aromatic rings. The van der Waals surface area contributed by atoms with Crippen LogP contribution in [0.25, 0.3) is 0 Å². The molecule has 2 aliphatic rings. The highest BCUT2D eigenvalue weighted by atomic mass is 16.6. The summed E-state index contributed by atoms with van der Waals surface area (Å²) in [5.41, 5.74) is 2.61. The predicted octanol–water partition coefficient (Wildman–Crippen LogP) is 5.21. The number of carbonyl (C=O) groups excluding carboxylic acids is 1. The molecule has 1 fully saturated rings. The maximum absolute atomic E-state index is 14.7. The van der Waals surface area contributed by atoms with Gasteiger partial charge >= 0.3 is 0 Å². The first-order chi connectivity index (χ1) is 18.5. The largest absolute Gasteiger partial charge is 0.497 e. The minimum Gasteiger partial charge on any atom is -0.497 e. The fourth-order valence-corrected chi connectivity index (χ4v) is 6.18. The number of amides is 1. The van der Waals surface area contributed by atoms with E-state index in [1.165, 1.54) is 0 Å². The normalized spacial score (nSPS) is 24.0. The first-order valence-corrected chi connectivity index (χ1v) is 12.6. The quantitative estimate of drug-likeness (QED) is 0.287. The summed E-state index contributed by atoms with van der Waals surface area (Å²) in [5, 5.41) is 16.4. The number of hydrogen-bond acceptors (Lipinski definition) is 5. The van der Waals surface area contributed by atoms with Gasteiger partial charge in [-0.1, -0.05) is 91.0 Å². The molecule has 1 spiro atoms. The molecule has 190 valence electrons. The number of methoxy groups -OCH3 is 1. The lowest BCUT2D eigenvalue weighted by atomic mass is 9.74. The number of carbonyl (C=O) groups is 1. The molecule has 6 rings (SSSR count). The highest BCUT2D eigenvalue weighted by Gasteiger charge is 2.68. The maximum atomic E-state index is 14.7. The van der Waals surface area contributed by atoms with E-state index in [9.17, 15) is 14.9 Å². The zero-order valence-corrected chi connectivity index (χ0v) is 20.9. The van der Waals surface area contributed by atoms with E-state index < -0.39 is 23.5 Å². The van der Waals surface area contributed by atoms with Gasteiger partial charge in [0.25, 0.3) is 5.91 Å². The molecule has 0 unspecified atom stereocenters. The van der Waals surface area contributed by atoms with Crippen LogP contribution >= 0.6 is 0 Å². The minimum atomic E-state index is -1.34. The average molecular weight is 506 g/mol. The standard InChI is InChI=1S/C31H27N3O4/c1-38-24-16-10-15-23(19-24)27-29(34(36)37)28(22-13-6-3-7-14-22)32-31(27)25-17-8-9-18-26(25)33(30(31)35)20-21-11-4-2-5-12-21/h2-19,27-29,32H,20H2,1H3/t27-,28-,29-,31-/m0/s1. The summed E-state index contributed by atoms with van der Waals surface area (Å²) in [5.74, 6) is -0.393. The van der Waals surface area contributed by atoms with Gasteiger partial charge in [0.2, 0.25) is 6.04 Å². The van der Waals surface area contributed by atoms with E-state index in [4.69, 9.17) is 4.74 Å². The van der Waals surface area contributed by atoms with Crippen molar-refractivity contribution in [3.63, 3.8) is 0 Å². The Morgan fingerprint density at radius 1 is 0.895 bits per heavy atom. The molecule has 7 heteroatoms. The van der Waals surface area contributed by atoms with Crippen LogP contribution in [-0.4, -0.2) is 24.0 Å². The van der Waals surface area contributed by atoms with Crippen LogP contribution in [0.1, 0.15) is 34.2 Å². The smallest absolute Gasteiger partial charge is 0.253 e. The van der Waals surface area contributed by atoms with Crippen molar-refractivity contribution >= 4 is 11.6 Å². The topological polar surface area (TPSA) is 84.7 Å². The molecule has 0 aliphatic carbocycles. The van der Waals surface area contributed by atoms with Gasteiger partial charge in [-0.2, -0.15) is 0 Å². The molecule has 7 nitrogen and oxygen atoms in total. The number of ether oxygens (including phenoxy) is 1. The second-order valence-electron chi connectivity index (χ2n) is 9.76. The number of hydrogen-bond donors (Lipinski definition) is 1. The molecule has 2 aliphatic heterocycles. The van der Waals surface area contributed by atoms with Gasteiger partial charge in [-0.05, 0) is 34.9 Å². The summed E-state index contributed by atoms with van der Waals surface area (Å²) in [6.07, 6.45) is 0. The summed E-state index contributed by atoms with van der Waals surface area (Å²) in [7, 11) is 1.57. The fraction of sp³-hybridized carbons (Fsp3) is 0.194. The van der Waals surface area contributed by atoms with Crippen LogP contribution in [-0.2, 0) is 16.9 Å². The Bertz CT molecular complexity index is 1490. The van der Waals surface area contributed by atoms with Crippen LogP contribution in [0.3, 0.4) is 0 Å². The van der Waals surface area contributed by atoms with Crippen molar-refractivity contribution in [1.29, 1.82) is 0 Å². The van der Waals surface area contributed by atoms with Crippen molar-refractivity contribution in [2.24, 2.45) is 0 Å². The molecule has 4 aromatic carbocycles. The van der Waals surface area contributed by atoms with Crippen molar-refractivity contribution in [3.8, 4) is 5.75 Å². The third kappa shape index (κ3) is 3.66. The molecule has 2 heterocycles. The summed E-state index contributed by atoms with van der Waals surface area (Å²) in [6.45, 7) is 0.365. The molecule has 0 radical (unpaired) electrons. The molecule has 0 bridgehead atoms. The molecule has 0 aromatic heterocycles. The monoisotopic (exact) mass is 505 g/mol. The van der Waals surface area contributed by atoms with E-state index in [0.29, 0.717) is 17.9 Å². The first-order valence-electron chi connectivity index (χ1n) is 12.6. The van der Waals surface area contributed by atoms with Gasteiger partial charge in [-0.3, -0.25) is 20.2 Å². The number of anilines is 1. The Morgan fingerprint density at radius 2 is 1.55 bits per heavy atom. The SMILES string of the molecule is COc1cccc([C@H]2[C@H]([N+](=O)[O-])[C@H](c3ccccc3)N[C@]23C(=O)N(Cc2ccccc2)c2ccccc23)c1. The number of rotatable bonds is 6. The minimum absolute atomic E-state index is 0.194. The zero-order chi connectivity index (χ0) is 26.3. The molecule has 0 saturated carbocycles. The summed E-state index contributed by atoms with van der Waals surface area (Å²) in [4.78, 5) is 29.1.